The van der Waals surface area contributed by atoms with Crippen LogP contribution in [0.4, 0.5) is 10.2 Å². The van der Waals surface area contributed by atoms with Crippen LogP contribution in [0.2, 0.25) is 0 Å². The van der Waals surface area contributed by atoms with Crippen LogP contribution in [0.15, 0.2) is 30.3 Å². The van der Waals surface area contributed by atoms with Gasteiger partial charge < -0.3 is 4.90 Å². The molecule has 0 aliphatic heterocycles. The van der Waals surface area contributed by atoms with Crippen LogP contribution in [-0.4, -0.2) is 17.2 Å². The Hall–Kier alpha value is -1.97. The predicted molar refractivity (Wildman–Crippen MR) is 70.0 cm³/mol. The summed E-state index contributed by atoms with van der Waals surface area (Å²) in [5, 5.41) is 8.23. The Morgan fingerprint density at radius 3 is 2.61 bits per heavy atom. The number of aryl methyl sites for hydroxylation is 2. The lowest BCUT2D eigenvalue weighted by Gasteiger charge is -2.18. The highest BCUT2D eigenvalue weighted by Crippen LogP contribution is 2.15. The van der Waals surface area contributed by atoms with Crippen molar-refractivity contribution >= 4 is 5.82 Å². The Morgan fingerprint density at radius 1 is 1.17 bits per heavy atom. The van der Waals surface area contributed by atoms with Crippen LogP contribution in [0.3, 0.4) is 0 Å². The van der Waals surface area contributed by atoms with Gasteiger partial charge in [0.05, 0.1) is 5.69 Å². The van der Waals surface area contributed by atoms with Gasteiger partial charge in [0.2, 0.25) is 0 Å². The van der Waals surface area contributed by atoms with Crippen LogP contribution in [0.1, 0.15) is 16.8 Å². The van der Waals surface area contributed by atoms with Crippen molar-refractivity contribution in [2.24, 2.45) is 0 Å². The van der Waals surface area contributed by atoms with E-state index >= 15 is 0 Å². The van der Waals surface area contributed by atoms with Gasteiger partial charge in [-0.05, 0) is 43.2 Å². The molecular formula is C14H16FN3. The summed E-state index contributed by atoms with van der Waals surface area (Å²) in [6.07, 6.45) is 0. The minimum absolute atomic E-state index is 0.216. The van der Waals surface area contributed by atoms with Gasteiger partial charge in [0.1, 0.15) is 5.82 Å². The van der Waals surface area contributed by atoms with E-state index in [2.05, 4.69) is 10.2 Å². The maximum absolute atomic E-state index is 13.1. The molecule has 0 aliphatic rings. The first-order chi connectivity index (χ1) is 8.56. The summed E-state index contributed by atoms with van der Waals surface area (Å²) in [4.78, 5) is 1.95. The first-order valence-corrected chi connectivity index (χ1v) is 5.83. The third kappa shape index (κ3) is 2.83. The number of benzene rings is 1. The average Bonchev–Trinajstić information content (AvgIpc) is 2.32. The molecular weight excluding hydrogens is 229 g/mol. The summed E-state index contributed by atoms with van der Waals surface area (Å²) in [6, 6.07) is 8.57. The lowest BCUT2D eigenvalue weighted by atomic mass is 10.2. The minimum atomic E-state index is -0.216. The highest BCUT2D eigenvalue weighted by atomic mass is 19.1. The van der Waals surface area contributed by atoms with Crippen LogP contribution >= 0.6 is 0 Å². The fourth-order valence-electron chi connectivity index (χ4n) is 1.71. The average molecular weight is 245 g/mol. The summed E-state index contributed by atoms with van der Waals surface area (Å²) < 4.78 is 13.1. The molecule has 18 heavy (non-hydrogen) atoms. The SMILES string of the molecule is Cc1cc(N(C)Cc2cccc(F)c2)nnc1C. The zero-order chi connectivity index (χ0) is 13.1. The number of hydrogen-bond donors (Lipinski definition) is 0. The van der Waals surface area contributed by atoms with Crippen LogP contribution < -0.4 is 4.90 Å². The van der Waals surface area contributed by atoms with Crippen molar-refractivity contribution in [1.82, 2.24) is 10.2 Å². The number of halogens is 1. The fraction of sp³-hybridized carbons (Fsp3) is 0.286. The van der Waals surface area contributed by atoms with E-state index in [4.69, 9.17) is 0 Å². The Kier molecular flexibility index (Phi) is 3.55. The van der Waals surface area contributed by atoms with Crippen molar-refractivity contribution in [2.45, 2.75) is 20.4 Å². The number of anilines is 1. The Bertz CT molecular complexity index is 554. The second kappa shape index (κ2) is 5.12. The van der Waals surface area contributed by atoms with Gasteiger partial charge in [-0.2, -0.15) is 5.10 Å². The van der Waals surface area contributed by atoms with E-state index in [0.717, 1.165) is 22.6 Å². The van der Waals surface area contributed by atoms with Crippen LogP contribution in [0.25, 0.3) is 0 Å². The zero-order valence-electron chi connectivity index (χ0n) is 10.8. The monoisotopic (exact) mass is 245 g/mol. The molecule has 0 fully saturated rings. The van der Waals surface area contributed by atoms with E-state index in [0.29, 0.717) is 6.54 Å². The molecule has 1 aromatic heterocycles. The molecule has 0 saturated carbocycles. The van der Waals surface area contributed by atoms with Gasteiger partial charge in [0.25, 0.3) is 0 Å². The normalized spacial score (nSPS) is 10.4. The van der Waals surface area contributed by atoms with Crippen LogP contribution in [0, 0.1) is 19.7 Å². The first-order valence-electron chi connectivity index (χ1n) is 5.83. The molecule has 2 rings (SSSR count). The number of rotatable bonds is 3. The van der Waals surface area contributed by atoms with Gasteiger partial charge in [-0.3, -0.25) is 0 Å². The minimum Gasteiger partial charge on any atom is -0.354 e. The number of nitrogens with zero attached hydrogens (tertiary/aromatic N) is 3. The summed E-state index contributed by atoms with van der Waals surface area (Å²) in [5.41, 5.74) is 2.95. The zero-order valence-corrected chi connectivity index (χ0v) is 10.8. The lowest BCUT2D eigenvalue weighted by molar-refractivity contribution is 0.625. The van der Waals surface area contributed by atoms with E-state index in [1.165, 1.54) is 12.1 Å². The topological polar surface area (TPSA) is 29.0 Å². The molecule has 0 bridgehead atoms. The molecule has 94 valence electrons. The van der Waals surface area contributed by atoms with Crippen molar-refractivity contribution < 1.29 is 4.39 Å². The Morgan fingerprint density at radius 2 is 1.94 bits per heavy atom. The van der Waals surface area contributed by atoms with Gasteiger partial charge in [-0.1, -0.05) is 12.1 Å². The van der Waals surface area contributed by atoms with E-state index < -0.39 is 0 Å². The second-order valence-electron chi connectivity index (χ2n) is 4.46. The molecule has 0 atom stereocenters. The van der Waals surface area contributed by atoms with E-state index in [1.54, 1.807) is 6.07 Å². The van der Waals surface area contributed by atoms with E-state index in [9.17, 15) is 4.39 Å². The van der Waals surface area contributed by atoms with Crippen molar-refractivity contribution in [3.05, 3.63) is 53.0 Å². The maximum atomic E-state index is 13.1. The van der Waals surface area contributed by atoms with Crippen molar-refractivity contribution in [3.63, 3.8) is 0 Å². The molecule has 0 spiro atoms. The third-order valence-corrected chi connectivity index (χ3v) is 2.92. The lowest BCUT2D eigenvalue weighted by Crippen LogP contribution is -2.18. The second-order valence-corrected chi connectivity index (χ2v) is 4.46. The van der Waals surface area contributed by atoms with Crippen molar-refractivity contribution in [3.8, 4) is 0 Å². The highest BCUT2D eigenvalue weighted by molar-refractivity contribution is 5.40. The molecule has 0 N–H and O–H groups in total. The van der Waals surface area contributed by atoms with Gasteiger partial charge >= 0.3 is 0 Å². The largest absolute Gasteiger partial charge is 0.354 e. The molecule has 3 nitrogen and oxygen atoms in total. The molecule has 0 saturated heterocycles. The molecule has 0 aliphatic carbocycles. The highest BCUT2D eigenvalue weighted by Gasteiger charge is 2.06. The molecule has 2 aromatic rings. The summed E-state index contributed by atoms with van der Waals surface area (Å²) in [6.45, 7) is 4.54. The van der Waals surface area contributed by atoms with Gasteiger partial charge in [-0.15, -0.1) is 5.10 Å². The van der Waals surface area contributed by atoms with E-state index in [1.807, 2.05) is 37.9 Å². The number of aromatic nitrogens is 2. The fourth-order valence-corrected chi connectivity index (χ4v) is 1.71. The Labute approximate surface area is 106 Å². The maximum Gasteiger partial charge on any atom is 0.151 e. The third-order valence-electron chi connectivity index (χ3n) is 2.92. The molecule has 1 heterocycles. The number of hydrogen-bond acceptors (Lipinski definition) is 3. The van der Waals surface area contributed by atoms with Crippen LogP contribution in [0.5, 0.6) is 0 Å². The van der Waals surface area contributed by atoms with Crippen molar-refractivity contribution in [1.29, 1.82) is 0 Å². The van der Waals surface area contributed by atoms with Crippen LogP contribution in [-0.2, 0) is 6.54 Å². The molecule has 4 heteroatoms. The predicted octanol–water partition coefficient (Wildman–Crippen LogP) is 2.87. The molecule has 0 radical (unpaired) electrons. The summed E-state index contributed by atoms with van der Waals surface area (Å²) >= 11 is 0. The van der Waals surface area contributed by atoms with Gasteiger partial charge in [-0.25, -0.2) is 4.39 Å². The van der Waals surface area contributed by atoms with Gasteiger partial charge in [0.15, 0.2) is 5.82 Å². The molecule has 1 aromatic carbocycles. The van der Waals surface area contributed by atoms with E-state index in [-0.39, 0.29) is 5.82 Å². The molecule has 0 unspecified atom stereocenters. The Balaban J connectivity index is 2.16. The standard InChI is InChI=1S/C14H16FN3/c1-10-7-14(17-16-11(10)2)18(3)9-12-5-4-6-13(15)8-12/h4-8H,9H2,1-3H3. The molecule has 0 amide bonds. The smallest absolute Gasteiger partial charge is 0.151 e. The van der Waals surface area contributed by atoms with Gasteiger partial charge in [0, 0.05) is 13.6 Å². The summed E-state index contributed by atoms with van der Waals surface area (Å²) in [7, 11) is 1.92. The van der Waals surface area contributed by atoms with Crippen molar-refractivity contribution in [2.75, 3.05) is 11.9 Å². The summed E-state index contributed by atoms with van der Waals surface area (Å²) in [5.74, 6) is 0.578. The quantitative estimate of drug-likeness (QED) is 0.832. The first kappa shape index (κ1) is 12.5.